The second kappa shape index (κ2) is 9.65. The Balaban J connectivity index is 1.40. The van der Waals surface area contributed by atoms with Crippen LogP contribution in [0.15, 0.2) is 30.6 Å². The van der Waals surface area contributed by atoms with Crippen LogP contribution in [0.4, 0.5) is 5.69 Å². The summed E-state index contributed by atoms with van der Waals surface area (Å²) in [6.07, 6.45) is 6.65. The van der Waals surface area contributed by atoms with Gasteiger partial charge in [-0.2, -0.15) is 0 Å². The first-order valence-corrected chi connectivity index (χ1v) is 13.1. The number of ether oxygens (including phenoxy) is 1. The van der Waals surface area contributed by atoms with Crippen molar-refractivity contribution in [3.8, 4) is 0 Å². The molecule has 4 heterocycles. The summed E-state index contributed by atoms with van der Waals surface area (Å²) in [6, 6.07) is 5.35. The molecule has 3 atom stereocenters. The first-order chi connectivity index (χ1) is 17.1. The van der Waals surface area contributed by atoms with Crippen LogP contribution in [-0.4, -0.2) is 75.0 Å². The largest absolute Gasteiger partial charge is 0.372 e. The van der Waals surface area contributed by atoms with E-state index in [-0.39, 0.29) is 37.0 Å². The first kappa shape index (κ1) is 25.0. The van der Waals surface area contributed by atoms with Gasteiger partial charge in [-0.1, -0.05) is 11.6 Å². The maximum atomic E-state index is 13.6. The SMILES string of the molecule is C[C@@H]1CCC[C@H](C)N1C(=O)CN1CC(C)(C)OC[C@H]1C(=O)Nc1cc(Cl)cc2c1[nH]c1cnccc12. The fraction of sp³-hybridized carbons (Fsp3) is 0.519. The van der Waals surface area contributed by atoms with Gasteiger partial charge in [0.25, 0.3) is 0 Å². The molecule has 0 unspecified atom stereocenters. The number of anilines is 1. The molecule has 0 saturated carbocycles. The normalized spacial score (nSPS) is 24.8. The summed E-state index contributed by atoms with van der Waals surface area (Å²) in [5.41, 5.74) is 1.79. The zero-order valence-electron chi connectivity index (χ0n) is 21.3. The molecule has 192 valence electrons. The zero-order valence-corrected chi connectivity index (χ0v) is 22.1. The second-order valence-corrected chi connectivity index (χ2v) is 11.3. The molecule has 9 heteroatoms. The van der Waals surface area contributed by atoms with Gasteiger partial charge in [0.15, 0.2) is 0 Å². The number of nitrogens with zero attached hydrogens (tertiary/aromatic N) is 3. The average molecular weight is 512 g/mol. The maximum Gasteiger partial charge on any atom is 0.244 e. The topological polar surface area (TPSA) is 90.6 Å². The highest BCUT2D eigenvalue weighted by molar-refractivity contribution is 6.33. The lowest BCUT2D eigenvalue weighted by atomic mass is 9.97. The molecule has 36 heavy (non-hydrogen) atoms. The molecule has 3 aromatic rings. The van der Waals surface area contributed by atoms with Gasteiger partial charge in [0.05, 0.1) is 41.7 Å². The number of H-pyrrole nitrogens is 1. The van der Waals surface area contributed by atoms with Crippen molar-refractivity contribution in [3.63, 3.8) is 0 Å². The molecule has 2 amide bonds. The van der Waals surface area contributed by atoms with Crippen LogP contribution in [0.1, 0.15) is 47.0 Å². The van der Waals surface area contributed by atoms with Gasteiger partial charge >= 0.3 is 0 Å². The molecule has 8 nitrogen and oxygen atoms in total. The molecule has 0 spiro atoms. The van der Waals surface area contributed by atoms with Crippen molar-refractivity contribution in [2.45, 2.75) is 70.7 Å². The van der Waals surface area contributed by atoms with E-state index in [1.54, 1.807) is 18.5 Å². The summed E-state index contributed by atoms with van der Waals surface area (Å²) in [4.78, 5) is 38.5. The summed E-state index contributed by atoms with van der Waals surface area (Å²) >= 11 is 6.43. The van der Waals surface area contributed by atoms with E-state index >= 15 is 0 Å². The fourth-order valence-corrected chi connectivity index (χ4v) is 5.98. The highest BCUT2D eigenvalue weighted by Gasteiger charge is 2.40. The number of aromatic nitrogens is 2. The van der Waals surface area contributed by atoms with Crippen LogP contribution in [0.2, 0.25) is 5.02 Å². The van der Waals surface area contributed by atoms with E-state index in [0.29, 0.717) is 17.3 Å². The Kier molecular flexibility index (Phi) is 6.70. The van der Waals surface area contributed by atoms with Gasteiger partial charge in [-0.15, -0.1) is 0 Å². The van der Waals surface area contributed by atoms with Gasteiger partial charge in [0.1, 0.15) is 6.04 Å². The maximum absolute atomic E-state index is 13.6. The Labute approximate surface area is 216 Å². The van der Waals surface area contributed by atoms with Crippen LogP contribution in [0.5, 0.6) is 0 Å². The number of halogens is 1. The van der Waals surface area contributed by atoms with Crippen LogP contribution in [0.3, 0.4) is 0 Å². The van der Waals surface area contributed by atoms with E-state index in [1.807, 2.05) is 35.8 Å². The van der Waals surface area contributed by atoms with Gasteiger partial charge in [0, 0.05) is 40.6 Å². The zero-order chi connectivity index (χ0) is 25.6. The molecular weight excluding hydrogens is 478 g/mol. The number of amides is 2. The third-order valence-electron chi connectivity index (χ3n) is 7.51. The van der Waals surface area contributed by atoms with Crippen LogP contribution >= 0.6 is 11.6 Å². The standard InChI is InChI=1S/C27H34ClN5O3/c1-16-6-5-7-17(2)33(16)24(34)13-32-15-27(3,4)36-14-23(32)26(35)31-21-11-18(28)10-20-19-8-9-29-12-22(19)30-25(20)21/h8-12,16-17,23,30H,5-7,13-15H2,1-4H3,(H,31,35)/t16-,17+,23-/m0/s1. The van der Waals surface area contributed by atoms with Crippen molar-refractivity contribution >= 4 is 50.9 Å². The summed E-state index contributed by atoms with van der Waals surface area (Å²) in [5.74, 6) is -0.156. The molecule has 0 aliphatic carbocycles. The Morgan fingerprint density at radius 3 is 2.72 bits per heavy atom. The summed E-state index contributed by atoms with van der Waals surface area (Å²) in [6.45, 7) is 9.08. The van der Waals surface area contributed by atoms with Crippen molar-refractivity contribution in [1.82, 2.24) is 19.8 Å². The molecule has 2 fully saturated rings. The number of benzene rings is 1. The number of morpholine rings is 1. The molecule has 0 radical (unpaired) electrons. The van der Waals surface area contributed by atoms with Crippen molar-refractivity contribution in [3.05, 3.63) is 35.6 Å². The number of carbonyl (C=O) groups is 2. The number of aromatic amines is 1. The number of fused-ring (bicyclic) bond motifs is 3. The van der Waals surface area contributed by atoms with E-state index in [0.717, 1.165) is 41.1 Å². The minimum absolute atomic E-state index is 0.0680. The van der Waals surface area contributed by atoms with Crippen LogP contribution in [0.25, 0.3) is 21.8 Å². The molecular formula is C27H34ClN5O3. The van der Waals surface area contributed by atoms with E-state index < -0.39 is 11.6 Å². The van der Waals surface area contributed by atoms with Gasteiger partial charge < -0.3 is 19.9 Å². The van der Waals surface area contributed by atoms with Gasteiger partial charge in [0.2, 0.25) is 11.8 Å². The highest BCUT2D eigenvalue weighted by atomic mass is 35.5. The number of carbonyl (C=O) groups excluding carboxylic acids is 2. The lowest BCUT2D eigenvalue weighted by molar-refractivity contribution is -0.153. The van der Waals surface area contributed by atoms with Crippen molar-refractivity contribution in [1.29, 1.82) is 0 Å². The lowest BCUT2D eigenvalue weighted by Crippen LogP contribution is -2.61. The highest BCUT2D eigenvalue weighted by Crippen LogP contribution is 2.34. The number of nitrogens with one attached hydrogen (secondary N) is 2. The smallest absolute Gasteiger partial charge is 0.244 e. The fourth-order valence-electron chi connectivity index (χ4n) is 5.76. The van der Waals surface area contributed by atoms with Crippen LogP contribution in [0, 0.1) is 0 Å². The lowest BCUT2D eigenvalue weighted by Gasteiger charge is -2.45. The van der Waals surface area contributed by atoms with E-state index in [1.165, 1.54) is 0 Å². The summed E-state index contributed by atoms with van der Waals surface area (Å²) < 4.78 is 6.03. The van der Waals surface area contributed by atoms with Crippen molar-refractivity contribution < 1.29 is 14.3 Å². The van der Waals surface area contributed by atoms with Crippen LogP contribution < -0.4 is 5.32 Å². The number of hydrogen-bond acceptors (Lipinski definition) is 5. The summed E-state index contributed by atoms with van der Waals surface area (Å²) in [5, 5.41) is 5.48. The number of rotatable bonds is 4. The third-order valence-corrected chi connectivity index (χ3v) is 7.73. The number of likely N-dealkylation sites (tertiary alicyclic amines) is 1. The average Bonchev–Trinajstić information content (AvgIpc) is 3.17. The Hall–Kier alpha value is -2.68. The first-order valence-electron chi connectivity index (χ1n) is 12.7. The molecule has 2 aliphatic rings. The quantitative estimate of drug-likeness (QED) is 0.535. The van der Waals surface area contributed by atoms with Gasteiger partial charge in [-0.3, -0.25) is 19.5 Å². The van der Waals surface area contributed by atoms with E-state index in [4.69, 9.17) is 16.3 Å². The number of pyridine rings is 1. The third kappa shape index (κ3) is 4.82. The van der Waals surface area contributed by atoms with Gasteiger partial charge in [-0.05, 0) is 65.2 Å². The van der Waals surface area contributed by atoms with Crippen molar-refractivity contribution in [2.75, 3.05) is 25.0 Å². The Morgan fingerprint density at radius 2 is 1.97 bits per heavy atom. The molecule has 2 aromatic heterocycles. The predicted octanol–water partition coefficient (Wildman–Crippen LogP) is 4.58. The summed E-state index contributed by atoms with van der Waals surface area (Å²) in [7, 11) is 0. The van der Waals surface area contributed by atoms with Crippen molar-refractivity contribution in [2.24, 2.45) is 0 Å². The Bertz CT molecular complexity index is 1300. The van der Waals surface area contributed by atoms with Crippen LogP contribution in [-0.2, 0) is 14.3 Å². The Morgan fingerprint density at radius 1 is 1.22 bits per heavy atom. The molecule has 2 aliphatic heterocycles. The van der Waals surface area contributed by atoms with E-state index in [2.05, 4.69) is 29.1 Å². The number of piperidine rings is 1. The predicted molar refractivity (Wildman–Crippen MR) is 142 cm³/mol. The van der Waals surface area contributed by atoms with E-state index in [9.17, 15) is 9.59 Å². The molecule has 5 rings (SSSR count). The van der Waals surface area contributed by atoms with Gasteiger partial charge in [-0.25, -0.2) is 0 Å². The minimum atomic E-state index is -0.600. The monoisotopic (exact) mass is 511 g/mol. The molecule has 2 N–H and O–H groups in total. The minimum Gasteiger partial charge on any atom is -0.372 e. The number of hydrogen-bond donors (Lipinski definition) is 2. The second-order valence-electron chi connectivity index (χ2n) is 10.8. The molecule has 1 aromatic carbocycles. The molecule has 2 saturated heterocycles. The molecule has 0 bridgehead atoms.